The Balaban J connectivity index is 2.21. The van der Waals surface area contributed by atoms with Crippen LogP contribution in [0.1, 0.15) is 13.3 Å². The molecule has 1 unspecified atom stereocenters. The van der Waals surface area contributed by atoms with E-state index in [1.165, 1.54) is 0 Å². The molecule has 5 nitrogen and oxygen atoms in total. The van der Waals surface area contributed by atoms with Crippen molar-refractivity contribution in [3.8, 4) is 5.75 Å². The Morgan fingerprint density at radius 1 is 1.41 bits per heavy atom. The molecule has 0 bridgehead atoms. The van der Waals surface area contributed by atoms with Crippen LogP contribution in [0.25, 0.3) is 0 Å². The summed E-state index contributed by atoms with van der Waals surface area (Å²) < 4.78 is 0. The number of hydrogen-bond donors (Lipinski definition) is 2. The molecule has 2 rings (SSSR count). The fourth-order valence-electron chi connectivity index (χ4n) is 1.99. The van der Waals surface area contributed by atoms with Gasteiger partial charge in [-0.1, -0.05) is 0 Å². The lowest BCUT2D eigenvalue weighted by Crippen LogP contribution is -2.44. The number of nitrogens with two attached hydrogens (primary N) is 1. The molecule has 17 heavy (non-hydrogen) atoms. The maximum atomic E-state index is 11.8. The van der Waals surface area contributed by atoms with Crippen LogP contribution in [0.2, 0.25) is 0 Å². The average Bonchev–Trinajstić information content (AvgIpc) is 2.61. The molecular weight excluding hydrogens is 218 g/mol. The van der Waals surface area contributed by atoms with Crippen molar-refractivity contribution in [1.82, 2.24) is 5.01 Å². The minimum absolute atomic E-state index is 0.0144. The summed E-state index contributed by atoms with van der Waals surface area (Å²) in [5, 5.41) is 12.8. The van der Waals surface area contributed by atoms with Gasteiger partial charge in [-0.25, -0.2) is 10.0 Å². The van der Waals surface area contributed by atoms with Gasteiger partial charge in [-0.2, -0.15) is 0 Å². The van der Waals surface area contributed by atoms with Crippen LogP contribution in [-0.2, 0) is 4.79 Å². The number of anilines is 1. The van der Waals surface area contributed by atoms with Crippen LogP contribution in [0, 0.1) is 0 Å². The van der Waals surface area contributed by atoms with Crippen molar-refractivity contribution in [1.29, 1.82) is 0 Å². The van der Waals surface area contributed by atoms with Crippen LogP contribution in [0.3, 0.4) is 0 Å². The summed E-state index contributed by atoms with van der Waals surface area (Å²) in [4.78, 5) is 11.8. The Morgan fingerprint density at radius 3 is 2.65 bits per heavy atom. The lowest BCUT2D eigenvalue weighted by atomic mass is 10.3. The molecule has 1 aliphatic heterocycles. The van der Waals surface area contributed by atoms with Crippen LogP contribution in [0.4, 0.5) is 5.69 Å². The summed E-state index contributed by atoms with van der Waals surface area (Å²) in [7, 11) is 0. The lowest BCUT2D eigenvalue weighted by molar-refractivity contribution is -0.118. The van der Waals surface area contributed by atoms with Gasteiger partial charge in [0.15, 0.2) is 0 Å². The minimum atomic E-state index is 0.0144. The number of aromatic hydroxyl groups is 1. The molecule has 0 aromatic heterocycles. The predicted molar refractivity (Wildman–Crippen MR) is 65.4 cm³/mol. The molecule has 0 radical (unpaired) electrons. The quantitative estimate of drug-likeness (QED) is 0.809. The van der Waals surface area contributed by atoms with Gasteiger partial charge in [0.1, 0.15) is 5.75 Å². The van der Waals surface area contributed by atoms with Gasteiger partial charge in [-0.15, -0.1) is 0 Å². The van der Waals surface area contributed by atoms with Gasteiger partial charge in [-0.3, -0.25) is 4.79 Å². The van der Waals surface area contributed by atoms with Crippen molar-refractivity contribution < 1.29 is 9.90 Å². The predicted octanol–water partition coefficient (Wildman–Crippen LogP) is 0.693. The number of rotatable bonds is 3. The van der Waals surface area contributed by atoms with E-state index < -0.39 is 0 Å². The third-order valence-electron chi connectivity index (χ3n) is 2.70. The number of hydrazine groups is 1. The SMILES string of the molecule is CC(N)CN1CCC(=O)N1c1ccc(O)cc1. The first-order valence-corrected chi connectivity index (χ1v) is 5.70. The average molecular weight is 235 g/mol. The highest BCUT2D eigenvalue weighted by Gasteiger charge is 2.30. The van der Waals surface area contributed by atoms with Gasteiger partial charge in [0, 0.05) is 25.6 Å². The highest BCUT2D eigenvalue weighted by Crippen LogP contribution is 2.24. The van der Waals surface area contributed by atoms with E-state index in [-0.39, 0.29) is 17.7 Å². The fraction of sp³-hybridized carbons (Fsp3) is 0.417. The minimum Gasteiger partial charge on any atom is -0.508 e. The Hall–Kier alpha value is -1.59. The van der Waals surface area contributed by atoms with Gasteiger partial charge < -0.3 is 10.8 Å². The van der Waals surface area contributed by atoms with Crippen LogP contribution in [0.15, 0.2) is 24.3 Å². The molecular formula is C12H17N3O2. The number of phenols is 1. The van der Waals surface area contributed by atoms with Crippen molar-refractivity contribution >= 4 is 11.6 Å². The number of amides is 1. The van der Waals surface area contributed by atoms with Gasteiger partial charge in [0.05, 0.1) is 5.69 Å². The first-order chi connectivity index (χ1) is 8.08. The molecule has 1 heterocycles. The highest BCUT2D eigenvalue weighted by molar-refractivity contribution is 5.94. The maximum Gasteiger partial charge on any atom is 0.242 e. The molecule has 0 spiro atoms. The Kier molecular flexibility index (Phi) is 3.31. The van der Waals surface area contributed by atoms with Gasteiger partial charge >= 0.3 is 0 Å². The standard InChI is InChI=1S/C12H17N3O2/c1-9(13)8-14-7-6-12(17)15(14)10-2-4-11(16)5-3-10/h2-5,9,16H,6-8,13H2,1H3. The van der Waals surface area contributed by atoms with E-state index >= 15 is 0 Å². The summed E-state index contributed by atoms with van der Waals surface area (Å²) in [6, 6.07) is 6.62. The Morgan fingerprint density at radius 2 is 2.06 bits per heavy atom. The molecule has 5 heteroatoms. The molecule has 1 saturated heterocycles. The molecule has 0 saturated carbocycles. The monoisotopic (exact) mass is 235 g/mol. The summed E-state index contributed by atoms with van der Waals surface area (Å²) >= 11 is 0. The van der Waals surface area contributed by atoms with Crippen molar-refractivity contribution in [3.05, 3.63) is 24.3 Å². The summed E-state index contributed by atoms with van der Waals surface area (Å²) in [5.41, 5.74) is 6.53. The number of phenolic OH excluding ortho intramolecular Hbond substituents is 1. The summed E-state index contributed by atoms with van der Waals surface area (Å²) in [5.74, 6) is 0.260. The smallest absolute Gasteiger partial charge is 0.242 e. The first-order valence-electron chi connectivity index (χ1n) is 5.70. The number of carbonyl (C=O) groups is 1. The van der Waals surface area contributed by atoms with E-state index in [0.717, 1.165) is 5.69 Å². The van der Waals surface area contributed by atoms with Gasteiger partial charge in [-0.05, 0) is 31.2 Å². The molecule has 1 aromatic carbocycles. The molecule has 1 aromatic rings. The van der Waals surface area contributed by atoms with Gasteiger partial charge in [0.25, 0.3) is 0 Å². The molecule has 1 aliphatic rings. The largest absolute Gasteiger partial charge is 0.508 e. The van der Waals surface area contributed by atoms with E-state index in [1.54, 1.807) is 29.3 Å². The molecule has 1 atom stereocenters. The second-order valence-electron chi connectivity index (χ2n) is 4.36. The van der Waals surface area contributed by atoms with E-state index in [2.05, 4.69) is 0 Å². The van der Waals surface area contributed by atoms with Crippen molar-refractivity contribution in [2.24, 2.45) is 5.73 Å². The van der Waals surface area contributed by atoms with Crippen molar-refractivity contribution in [3.63, 3.8) is 0 Å². The van der Waals surface area contributed by atoms with E-state index in [0.29, 0.717) is 19.5 Å². The topological polar surface area (TPSA) is 69.8 Å². The van der Waals surface area contributed by atoms with E-state index in [9.17, 15) is 9.90 Å². The summed E-state index contributed by atoms with van der Waals surface area (Å²) in [6.07, 6.45) is 0.508. The number of nitrogens with zero attached hydrogens (tertiary/aromatic N) is 2. The normalized spacial score (nSPS) is 18.7. The zero-order valence-corrected chi connectivity index (χ0v) is 9.84. The molecule has 3 N–H and O–H groups in total. The second kappa shape index (κ2) is 4.73. The van der Waals surface area contributed by atoms with Gasteiger partial charge in [0.2, 0.25) is 5.91 Å². The highest BCUT2D eigenvalue weighted by atomic mass is 16.3. The molecule has 0 aliphatic carbocycles. The van der Waals surface area contributed by atoms with Crippen LogP contribution in [0.5, 0.6) is 5.75 Å². The Bertz CT molecular complexity index is 403. The van der Waals surface area contributed by atoms with Crippen LogP contribution >= 0.6 is 0 Å². The van der Waals surface area contributed by atoms with E-state index in [1.807, 2.05) is 11.9 Å². The molecule has 1 amide bonds. The van der Waals surface area contributed by atoms with Crippen LogP contribution in [-0.4, -0.2) is 35.2 Å². The zero-order valence-electron chi connectivity index (χ0n) is 9.84. The number of carbonyl (C=O) groups excluding carboxylic acids is 1. The third-order valence-corrected chi connectivity index (χ3v) is 2.70. The van der Waals surface area contributed by atoms with Crippen molar-refractivity contribution in [2.45, 2.75) is 19.4 Å². The number of benzene rings is 1. The Labute approximate surface area is 100 Å². The lowest BCUT2D eigenvalue weighted by Gasteiger charge is -2.29. The van der Waals surface area contributed by atoms with Crippen molar-refractivity contribution in [2.75, 3.05) is 18.1 Å². The summed E-state index contributed by atoms with van der Waals surface area (Å²) in [6.45, 7) is 3.26. The number of hydrogen-bond acceptors (Lipinski definition) is 4. The maximum absolute atomic E-state index is 11.8. The van der Waals surface area contributed by atoms with E-state index in [4.69, 9.17) is 5.73 Å². The molecule has 1 fully saturated rings. The molecule has 92 valence electrons. The third kappa shape index (κ3) is 2.57. The second-order valence-corrected chi connectivity index (χ2v) is 4.36. The first kappa shape index (κ1) is 11.9. The zero-order chi connectivity index (χ0) is 12.4. The fourth-order valence-corrected chi connectivity index (χ4v) is 1.99. The van der Waals surface area contributed by atoms with Crippen LogP contribution < -0.4 is 10.7 Å².